The molecule has 254 valence electrons. The molecule has 49 heavy (non-hydrogen) atoms. The first kappa shape index (κ1) is 33.7. The van der Waals surface area contributed by atoms with Gasteiger partial charge in [0.25, 0.3) is 0 Å². The van der Waals surface area contributed by atoms with E-state index in [0.717, 1.165) is 27.4 Å². The minimum absolute atomic E-state index is 0.00950. The normalized spacial score (nSPS) is 18.0. The van der Waals surface area contributed by atoms with Gasteiger partial charge >= 0.3 is 11.9 Å². The number of aliphatic carboxylic acids is 2. The van der Waals surface area contributed by atoms with Gasteiger partial charge in [0.15, 0.2) is 29.4 Å². The average molecular weight is 725 g/mol. The Morgan fingerprint density at radius 2 is 2.04 bits per heavy atom. The first-order valence-electron chi connectivity index (χ1n) is 14.7. The fourth-order valence-corrected chi connectivity index (χ4v) is 8.17. The van der Waals surface area contributed by atoms with Crippen LogP contribution in [-0.4, -0.2) is 80.9 Å². The zero-order chi connectivity index (χ0) is 35.2. The fourth-order valence-electron chi connectivity index (χ4n) is 5.45. The van der Waals surface area contributed by atoms with Gasteiger partial charge in [-0.25, -0.2) is 9.59 Å². The number of β-lactam (4-membered cyclic amide) rings is 1. The van der Waals surface area contributed by atoms with Crippen LogP contribution in [0.5, 0.6) is 0 Å². The first-order valence-corrected chi connectivity index (χ1v) is 17.4. The number of Topliss-reactive ketones (excluding diaryl/α,β-unsaturated/α-hetero) is 1. The molecule has 6 heterocycles. The highest BCUT2D eigenvalue weighted by Gasteiger charge is 2.54. The van der Waals surface area contributed by atoms with Crippen LogP contribution in [0.3, 0.4) is 0 Å². The highest BCUT2D eigenvalue weighted by atomic mass is 32.2. The summed E-state index contributed by atoms with van der Waals surface area (Å²) in [5, 5.41) is 32.3. The number of carbonyl (C=O) groups excluding carboxylic acids is 2. The number of oxime groups is 1. The predicted octanol–water partition coefficient (Wildman–Crippen LogP) is 1.87. The first-order chi connectivity index (χ1) is 23.2. The third-order valence-corrected chi connectivity index (χ3v) is 10.9. The number of fused-ring (bicyclic) bond motifs is 2. The van der Waals surface area contributed by atoms with E-state index < -0.39 is 40.5 Å². The van der Waals surface area contributed by atoms with Crippen LogP contribution < -0.4 is 16.0 Å². The smallest absolute Gasteiger partial charge is 0.352 e. The maximum atomic E-state index is 13.5. The van der Waals surface area contributed by atoms with Gasteiger partial charge in [-0.2, -0.15) is 13.9 Å². The molecule has 0 radical (unpaired) electrons. The Morgan fingerprint density at radius 3 is 2.69 bits per heavy atom. The number of nitrogen functional groups attached to an aromatic ring is 2. The van der Waals surface area contributed by atoms with E-state index in [4.69, 9.17) is 21.7 Å². The van der Waals surface area contributed by atoms with Gasteiger partial charge in [-0.05, 0) is 26.0 Å². The number of rotatable bonds is 13. The molecule has 2 aliphatic rings. The monoisotopic (exact) mass is 724 g/mol. The molecule has 0 unspecified atom stereocenters. The van der Waals surface area contributed by atoms with E-state index in [0.29, 0.717) is 23.4 Å². The standard InChI is InChI=1S/C30H29N9O7S3/c1-30(2,28(44)45)46-35-21(24-34-29(33)49-36-24)20(40)9-17-25(41)39-22(27(42)43)15(13-48-26(17)39)10-37-6-3-4-18-19(37)5-7-38(18)11-16-8-14(12-47-16)23(31)32/h3-8,12,17,26H,9-11,13H2,1-2H3,(H6-,31,32,33,34,36,42,43,44,45)/p+1/b35-21+/t17-,26-/m1/s1. The third-order valence-electron chi connectivity index (χ3n) is 8.03. The molecule has 2 atom stereocenters. The number of thiophene rings is 1. The number of amides is 1. The Hall–Kier alpha value is -5.14. The minimum atomic E-state index is -1.78. The Morgan fingerprint density at radius 1 is 1.27 bits per heavy atom. The lowest BCUT2D eigenvalue weighted by Gasteiger charge is -2.49. The van der Waals surface area contributed by atoms with E-state index in [1.165, 1.54) is 41.8 Å². The van der Waals surface area contributed by atoms with Crippen molar-refractivity contribution in [3.05, 3.63) is 69.6 Å². The zero-order valence-corrected chi connectivity index (χ0v) is 28.5. The lowest BCUT2D eigenvalue weighted by atomic mass is 9.89. The summed E-state index contributed by atoms with van der Waals surface area (Å²) in [5.41, 5.74) is 12.0. The predicted molar refractivity (Wildman–Crippen MR) is 181 cm³/mol. The number of nitrogens with zero attached hydrogens (tertiary/aromatic N) is 6. The van der Waals surface area contributed by atoms with Gasteiger partial charge in [-0.1, -0.05) is 5.16 Å². The molecule has 1 amide bonds. The molecule has 2 aliphatic heterocycles. The molecular weight excluding hydrogens is 695 g/mol. The van der Waals surface area contributed by atoms with Gasteiger partial charge in [-0.15, -0.1) is 23.1 Å². The lowest BCUT2D eigenvalue weighted by Crippen LogP contribution is -2.62. The summed E-state index contributed by atoms with van der Waals surface area (Å²) in [4.78, 5) is 62.4. The molecule has 0 aromatic carbocycles. The van der Waals surface area contributed by atoms with E-state index in [-0.39, 0.29) is 41.2 Å². The van der Waals surface area contributed by atoms with Crippen LogP contribution in [0, 0.1) is 11.3 Å². The second-order valence-electron chi connectivity index (χ2n) is 11.8. The number of ketones is 1. The van der Waals surface area contributed by atoms with E-state index >= 15 is 0 Å². The van der Waals surface area contributed by atoms with Gasteiger partial charge in [0.2, 0.25) is 22.8 Å². The number of carboxylic acid groups (broad SMARTS) is 2. The molecule has 1 fully saturated rings. The maximum absolute atomic E-state index is 13.5. The number of carboxylic acids is 2. The van der Waals surface area contributed by atoms with Crippen molar-refractivity contribution in [1.82, 2.24) is 18.8 Å². The van der Waals surface area contributed by atoms with Crippen LogP contribution in [-0.2, 0) is 37.1 Å². The maximum Gasteiger partial charge on any atom is 0.352 e. The van der Waals surface area contributed by atoms with Crippen molar-refractivity contribution in [2.75, 3.05) is 11.5 Å². The number of amidine groups is 1. The molecule has 1 saturated heterocycles. The number of aromatic nitrogens is 4. The number of hydrogen-bond acceptors (Lipinski definition) is 13. The molecule has 0 saturated carbocycles. The Labute approximate surface area is 290 Å². The van der Waals surface area contributed by atoms with Gasteiger partial charge < -0.3 is 31.1 Å². The molecule has 16 nitrogen and oxygen atoms in total. The molecule has 0 spiro atoms. The van der Waals surface area contributed by atoms with Crippen LogP contribution in [0.4, 0.5) is 5.13 Å². The molecule has 0 aliphatic carbocycles. The molecule has 7 N–H and O–H groups in total. The number of nitrogens with one attached hydrogen (secondary N) is 1. The molecule has 0 bridgehead atoms. The van der Waals surface area contributed by atoms with Crippen molar-refractivity contribution in [2.45, 2.75) is 44.3 Å². The van der Waals surface area contributed by atoms with E-state index in [1.807, 2.05) is 46.6 Å². The van der Waals surface area contributed by atoms with Crippen molar-refractivity contribution < 1.29 is 38.8 Å². The SMILES string of the molecule is CC(C)(O/N=C(\C(=O)C[C@@H]1C(=O)N2C(C(=O)O)=C(C[n+]3cccc4c3ccn4Cc3cc(C(=N)N)cs3)CS[C@H]12)c1nsc(N)n1)C(=O)O. The molecule has 19 heteroatoms. The van der Waals surface area contributed by atoms with E-state index in [2.05, 4.69) is 19.1 Å². The third kappa shape index (κ3) is 6.51. The zero-order valence-electron chi connectivity index (χ0n) is 26.0. The van der Waals surface area contributed by atoms with Gasteiger partial charge in [0.1, 0.15) is 17.0 Å². The van der Waals surface area contributed by atoms with Crippen LogP contribution in [0.2, 0.25) is 0 Å². The highest BCUT2D eigenvalue weighted by molar-refractivity contribution is 8.00. The average Bonchev–Trinajstić information content (AvgIpc) is 3.81. The molecular formula is C30H30N9O7S3+. The number of thioether (sulfide) groups is 1. The Bertz CT molecular complexity index is 2100. The summed E-state index contributed by atoms with van der Waals surface area (Å²) in [6, 6.07) is 7.66. The quantitative estimate of drug-likeness (QED) is 0.0436. The highest BCUT2D eigenvalue weighted by Crippen LogP contribution is 2.45. The van der Waals surface area contributed by atoms with Gasteiger partial charge in [-0.3, -0.25) is 19.9 Å². The van der Waals surface area contributed by atoms with Crippen LogP contribution >= 0.6 is 34.6 Å². The number of nitrogens with two attached hydrogens (primary N) is 2. The summed E-state index contributed by atoms with van der Waals surface area (Å²) < 4.78 is 7.98. The van der Waals surface area contributed by atoms with Crippen LogP contribution in [0.1, 0.15) is 36.5 Å². The molecule has 4 aromatic heterocycles. The fraction of sp³-hybridized carbons (Fsp3) is 0.300. The lowest BCUT2D eigenvalue weighted by molar-refractivity contribution is -0.663. The van der Waals surface area contributed by atoms with Crippen molar-refractivity contribution in [3.63, 3.8) is 0 Å². The van der Waals surface area contributed by atoms with E-state index in [9.17, 15) is 29.4 Å². The van der Waals surface area contributed by atoms with Crippen LogP contribution in [0.25, 0.3) is 11.0 Å². The summed E-state index contributed by atoms with van der Waals surface area (Å²) in [7, 11) is 0. The topological polar surface area (TPSA) is 244 Å². The van der Waals surface area contributed by atoms with E-state index in [1.54, 1.807) is 0 Å². The Kier molecular flexibility index (Phi) is 8.99. The van der Waals surface area contributed by atoms with Gasteiger partial charge in [0, 0.05) is 63.4 Å². The van der Waals surface area contributed by atoms with Crippen LogP contribution in [0.15, 0.2) is 58.5 Å². The van der Waals surface area contributed by atoms with Crippen molar-refractivity contribution in [1.29, 1.82) is 5.41 Å². The van der Waals surface area contributed by atoms with Crippen molar-refractivity contribution in [2.24, 2.45) is 16.8 Å². The number of pyridine rings is 1. The minimum Gasteiger partial charge on any atom is -0.478 e. The van der Waals surface area contributed by atoms with Crippen molar-refractivity contribution >= 4 is 86.0 Å². The van der Waals surface area contributed by atoms with Crippen molar-refractivity contribution in [3.8, 4) is 0 Å². The number of hydrogen-bond donors (Lipinski definition) is 5. The van der Waals surface area contributed by atoms with Gasteiger partial charge in [0.05, 0.1) is 17.8 Å². The molecule has 6 rings (SSSR count). The summed E-state index contributed by atoms with van der Waals surface area (Å²) in [5.74, 6) is -4.52. The largest absolute Gasteiger partial charge is 0.478 e. The summed E-state index contributed by atoms with van der Waals surface area (Å²) in [6.07, 6.45) is 3.43. The number of carbonyl (C=O) groups is 4. The second kappa shape index (κ2) is 13.1. The summed E-state index contributed by atoms with van der Waals surface area (Å²) in [6.45, 7) is 3.28. The summed E-state index contributed by atoms with van der Waals surface area (Å²) >= 11 is 3.67. The second-order valence-corrected chi connectivity index (χ2v) is 14.7. The Balaban J connectivity index is 1.22. The molecule has 4 aromatic rings. The number of anilines is 1.